The van der Waals surface area contributed by atoms with E-state index in [1.54, 1.807) is 0 Å². The Kier molecular flexibility index (Phi) is 14.4. The van der Waals surface area contributed by atoms with Gasteiger partial charge in [0.15, 0.2) is 0 Å². The molecule has 1 rings (SSSR count). The number of carbonyl (C=O) groups is 1. The molecular formula is C20H29F2NaO2. The average Bonchev–Trinajstić information content (AvgIpc) is 2.56. The van der Waals surface area contributed by atoms with E-state index in [2.05, 4.69) is 24.3 Å². The number of hydrogen-bond donors (Lipinski definition) is 0. The van der Waals surface area contributed by atoms with Crippen molar-refractivity contribution < 1.29 is 48.2 Å². The maximum Gasteiger partial charge on any atom is 1.00 e. The van der Waals surface area contributed by atoms with Gasteiger partial charge in [-0.05, 0) is 24.8 Å². The Hall–Kier alpha value is -0.450. The Balaban J connectivity index is 0.00000576. The van der Waals surface area contributed by atoms with Gasteiger partial charge in [-0.25, -0.2) is 8.78 Å². The molecule has 0 saturated carbocycles. The largest absolute Gasteiger partial charge is 1.00 e. The molecule has 0 aromatic heterocycles. The second-order valence-corrected chi connectivity index (χ2v) is 6.51. The molecule has 0 aliphatic rings. The fourth-order valence-corrected chi connectivity index (χ4v) is 2.84. The summed E-state index contributed by atoms with van der Waals surface area (Å²) in [6.45, 7) is 0. The van der Waals surface area contributed by atoms with Crippen LogP contribution in [0.1, 0.15) is 76.2 Å². The zero-order valence-corrected chi connectivity index (χ0v) is 17.4. The fourth-order valence-electron chi connectivity index (χ4n) is 2.84. The van der Waals surface area contributed by atoms with Gasteiger partial charge in [-0.3, -0.25) is 0 Å². The van der Waals surface area contributed by atoms with Crippen molar-refractivity contribution in [2.75, 3.05) is 0 Å². The van der Waals surface area contributed by atoms with E-state index < -0.39 is 18.3 Å². The summed E-state index contributed by atoms with van der Waals surface area (Å²) in [6.07, 6.45) is 10.7. The summed E-state index contributed by atoms with van der Waals surface area (Å²) in [5, 5.41) is 10.2. The minimum atomic E-state index is -3.67. The molecule has 0 saturated heterocycles. The zero-order valence-electron chi connectivity index (χ0n) is 15.4. The van der Waals surface area contributed by atoms with E-state index in [0.29, 0.717) is 6.42 Å². The molecule has 0 aliphatic carbocycles. The van der Waals surface area contributed by atoms with E-state index >= 15 is 0 Å². The number of aliphatic carboxylic acids is 1. The number of alkyl halides is 2. The smallest absolute Gasteiger partial charge is 0.544 e. The van der Waals surface area contributed by atoms with Crippen LogP contribution >= 0.6 is 0 Å². The number of rotatable bonds is 14. The summed E-state index contributed by atoms with van der Waals surface area (Å²) in [5.74, 6) is -5.92. The van der Waals surface area contributed by atoms with Gasteiger partial charge in [-0.2, -0.15) is 0 Å². The molecule has 0 unspecified atom stereocenters. The molecule has 1 aromatic rings. The van der Waals surface area contributed by atoms with E-state index in [1.807, 2.05) is 6.07 Å². The molecule has 0 fully saturated rings. The summed E-state index contributed by atoms with van der Waals surface area (Å²) < 4.78 is 25.5. The van der Waals surface area contributed by atoms with Gasteiger partial charge in [0.25, 0.3) is 5.92 Å². The molecule has 5 heteroatoms. The van der Waals surface area contributed by atoms with Crippen LogP contribution in [0.25, 0.3) is 0 Å². The van der Waals surface area contributed by atoms with E-state index in [-0.39, 0.29) is 36.0 Å². The van der Waals surface area contributed by atoms with Gasteiger partial charge in [0.2, 0.25) is 0 Å². The first-order valence-electron chi connectivity index (χ1n) is 9.15. The molecular weight excluding hydrogens is 333 g/mol. The maximum atomic E-state index is 12.8. The molecule has 0 spiro atoms. The Morgan fingerprint density at radius 1 is 0.800 bits per heavy atom. The first-order chi connectivity index (χ1) is 11.5. The number of halogens is 2. The SMILES string of the molecule is O=C([O-])C(F)(F)CCCCCCCCCCCCc1ccccc1.[Na+]. The van der Waals surface area contributed by atoms with Crippen molar-refractivity contribution in [2.24, 2.45) is 0 Å². The average molecular weight is 362 g/mol. The predicted molar refractivity (Wildman–Crippen MR) is 90.9 cm³/mol. The van der Waals surface area contributed by atoms with Crippen molar-refractivity contribution in [3.63, 3.8) is 0 Å². The van der Waals surface area contributed by atoms with Gasteiger partial charge in [0.1, 0.15) is 5.97 Å². The molecule has 0 N–H and O–H groups in total. The number of carbonyl (C=O) groups excluding carboxylic acids is 1. The van der Waals surface area contributed by atoms with Crippen molar-refractivity contribution in [3.05, 3.63) is 35.9 Å². The molecule has 0 heterocycles. The second-order valence-electron chi connectivity index (χ2n) is 6.51. The molecule has 0 aliphatic heterocycles. The summed E-state index contributed by atoms with van der Waals surface area (Å²) >= 11 is 0. The van der Waals surface area contributed by atoms with Crippen molar-refractivity contribution in [3.8, 4) is 0 Å². The zero-order chi connectivity index (χ0) is 17.7. The van der Waals surface area contributed by atoms with Gasteiger partial charge in [-0.15, -0.1) is 0 Å². The Bertz CT molecular complexity index is 452. The fraction of sp³-hybridized carbons (Fsp3) is 0.650. The molecule has 2 nitrogen and oxygen atoms in total. The van der Waals surface area contributed by atoms with E-state index in [1.165, 1.54) is 37.7 Å². The van der Waals surface area contributed by atoms with E-state index in [9.17, 15) is 18.7 Å². The number of benzene rings is 1. The van der Waals surface area contributed by atoms with Crippen molar-refractivity contribution >= 4 is 5.97 Å². The van der Waals surface area contributed by atoms with Crippen LogP contribution in [0.5, 0.6) is 0 Å². The third-order valence-electron chi connectivity index (χ3n) is 4.35. The predicted octanol–water partition coefficient (Wildman–Crippen LogP) is 1.91. The van der Waals surface area contributed by atoms with Gasteiger partial charge >= 0.3 is 29.6 Å². The normalized spacial score (nSPS) is 11.1. The number of carboxylic acid groups (broad SMARTS) is 1. The number of carboxylic acids is 1. The van der Waals surface area contributed by atoms with Gasteiger partial charge in [0.05, 0.1) is 0 Å². The minimum Gasteiger partial charge on any atom is -0.544 e. The molecule has 0 bridgehead atoms. The summed E-state index contributed by atoms with van der Waals surface area (Å²) in [6, 6.07) is 10.5. The van der Waals surface area contributed by atoms with Crippen LogP contribution in [0.15, 0.2) is 30.3 Å². The first kappa shape index (κ1) is 24.6. The Morgan fingerprint density at radius 2 is 1.24 bits per heavy atom. The topological polar surface area (TPSA) is 40.1 Å². The van der Waals surface area contributed by atoms with Crippen LogP contribution in [-0.2, 0) is 11.2 Å². The summed E-state index contributed by atoms with van der Waals surface area (Å²) in [4.78, 5) is 10.2. The van der Waals surface area contributed by atoms with E-state index in [4.69, 9.17) is 0 Å². The molecule has 25 heavy (non-hydrogen) atoms. The first-order valence-corrected chi connectivity index (χ1v) is 9.15. The summed E-state index contributed by atoms with van der Waals surface area (Å²) in [5.41, 5.74) is 1.40. The maximum absolute atomic E-state index is 12.8. The van der Waals surface area contributed by atoms with Crippen molar-refractivity contribution in [2.45, 2.75) is 83.0 Å². The Labute approximate surface area is 172 Å². The third-order valence-corrected chi connectivity index (χ3v) is 4.35. The van der Waals surface area contributed by atoms with Gasteiger partial charge < -0.3 is 9.90 Å². The molecule has 0 atom stereocenters. The Morgan fingerprint density at radius 3 is 1.72 bits per heavy atom. The van der Waals surface area contributed by atoms with Crippen LogP contribution in [0.4, 0.5) is 8.78 Å². The van der Waals surface area contributed by atoms with Crippen molar-refractivity contribution in [1.82, 2.24) is 0 Å². The van der Waals surface area contributed by atoms with Crippen LogP contribution < -0.4 is 34.7 Å². The van der Waals surface area contributed by atoms with Gasteiger partial charge in [-0.1, -0.05) is 81.7 Å². The molecule has 136 valence electrons. The minimum absolute atomic E-state index is 0. The summed E-state index contributed by atoms with van der Waals surface area (Å²) in [7, 11) is 0. The number of hydrogen-bond acceptors (Lipinski definition) is 2. The molecule has 0 amide bonds. The van der Waals surface area contributed by atoms with Crippen LogP contribution in [0.2, 0.25) is 0 Å². The second kappa shape index (κ2) is 14.7. The van der Waals surface area contributed by atoms with Crippen molar-refractivity contribution in [1.29, 1.82) is 0 Å². The quantitative estimate of drug-likeness (QED) is 0.375. The van der Waals surface area contributed by atoms with Crippen LogP contribution in [-0.4, -0.2) is 11.9 Å². The van der Waals surface area contributed by atoms with Crippen LogP contribution in [0, 0.1) is 0 Å². The molecule has 0 radical (unpaired) electrons. The van der Waals surface area contributed by atoms with Gasteiger partial charge in [0, 0.05) is 6.42 Å². The monoisotopic (exact) mass is 362 g/mol. The number of aryl methyl sites for hydroxylation is 1. The molecule has 1 aromatic carbocycles. The number of unbranched alkanes of at least 4 members (excludes halogenated alkanes) is 9. The third kappa shape index (κ3) is 12.5. The van der Waals surface area contributed by atoms with Crippen LogP contribution in [0.3, 0.4) is 0 Å². The standard InChI is InChI=1S/C20H30F2O2.Na/c21-20(22,19(23)24)17-13-8-6-4-2-1-3-5-7-10-14-18-15-11-9-12-16-18;/h9,11-12,15-16H,1-8,10,13-14,17H2,(H,23,24);/q;+1/p-1. The van der Waals surface area contributed by atoms with E-state index in [0.717, 1.165) is 25.7 Å².